The van der Waals surface area contributed by atoms with Crippen molar-refractivity contribution in [3.05, 3.63) is 69.1 Å². The number of benzene rings is 1. The van der Waals surface area contributed by atoms with E-state index in [-0.39, 0.29) is 5.56 Å². The molecule has 0 amide bonds. The smallest absolute Gasteiger partial charge is 0.283 e. The molecule has 140 valence electrons. The maximum atomic E-state index is 13.2. The van der Waals surface area contributed by atoms with E-state index in [9.17, 15) is 4.79 Å². The zero-order chi connectivity index (χ0) is 18.8. The highest BCUT2D eigenvalue weighted by molar-refractivity contribution is 6.31. The molecule has 1 aliphatic heterocycles. The molecule has 0 saturated carbocycles. The van der Waals surface area contributed by atoms with Gasteiger partial charge in [-0.15, -0.1) is 0 Å². The molecule has 0 aliphatic carbocycles. The summed E-state index contributed by atoms with van der Waals surface area (Å²) in [5.74, 6) is 0.666. The molecule has 1 N–H and O–H groups in total. The van der Waals surface area contributed by atoms with Crippen molar-refractivity contribution >= 4 is 28.8 Å². The summed E-state index contributed by atoms with van der Waals surface area (Å²) in [6, 6.07) is 11.4. The van der Waals surface area contributed by atoms with Gasteiger partial charge in [0.05, 0.1) is 13.2 Å². The highest BCUT2D eigenvalue weighted by atomic mass is 35.5. The number of halogens is 1. The van der Waals surface area contributed by atoms with E-state index in [2.05, 4.69) is 10.2 Å². The summed E-state index contributed by atoms with van der Waals surface area (Å²) >= 11 is 6.27. The molecule has 1 saturated heterocycles. The molecule has 2 aromatic heterocycles. The number of fused-ring (bicyclic) bond motifs is 1. The molecular weight excluding hydrogens is 364 g/mol. The van der Waals surface area contributed by atoms with Crippen molar-refractivity contribution in [3.63, 3.8) is 0 Å². The number of aryl methyl sites for hydroxylation is 1. The Balaban J connectivity index is 1.78. The molecule has 4 rings (SSSR count). The molecule has 3 heterocycles. The van der Waals surface area contributed by atoms with Gasteiger partial charge in [-0.05, 0) is 30.2 Å². The Morgan fingerprint density at radius 1 is 1.19 bits per heavy atom. The third kappa shape index (κ3) is 3.63. The van der Waals surface area contributed by atoms with Crippen LogP contribution < -0.4 is 15.8 Å². The number of morpholine rings is 1. The Labute approximate surface area is 162 Å². The minimum absolute atomic E-state index is 0.114. The molecule has 0 bridgehead atoms. The van der Waals surface area contributed by atoms with Crippen LogP contribution in [0.3, 0.4) is 0 Å². The zero-order valence-corrected chi connectivity index (χ0v) is 15.9. The number of aromatic nitrogens is 2. The predicted molar refractivity (Wildman–Crippen MR) is 108 cm³/mol. The van der Waals surface area contributed by atoms with Crippen LogP contribution >= 0.6 is 11.6 Å². The van der Waals surface area contributed by atoms with E-state index >= 15 is 0 Å². The minimum atomic E-state index is -0.114. The lowest BCUT2D eigenvalue weighted by Crippen LogP contribution is -2.38. The second kappa shape index (κ2) is 7.58. The van der Waals surface area contributed by atoms with Gasteiger partial charge in [0.25, 0.3) is 5.56 Å². The van der Waals surface area contributed by atoms with Crippen LogP contribution in [0.2, 0.25) is 5.02 Å². The monoisotopic (exact) mass is 384 g/mol. The number of ether oxygens (including phenoxy) is 1. The first-order chi connectivity index (χ1) is 13.1. The lowest BCUT2D eigenvalue weighted by molar-refractivity contribution is 0.122. The van der Waals surface area contributed by atoms with Crippen LogP contribution in [-0.2, 0) is 11.3 Å². The number of hydrogen-bond acceptors (Lipinski definition) is 5. The summed E-state index contributed by atoms with van der Waals surface area (Å²) < 4.78 is 7.04. The van der Waals surface area contributed by atoms with Crippen molar-refractivity contribution in [1.82, 2.24) is 9.38 Å². The van der Waals surface area contributed by atoms with Gasteiger partial charge in [0.1, 0.15) is 11.3 Å². The zero-order valence-electron chi connectivity index (χ0n) is 15.1. The van der Waals surface area contributed by atoms with E-state index in [0.717, 1.165) is 11.1 Å². The largest absolute Gasteiger partial charge is 0.378 e. The van der Waals surface area contributed by atoms with Crippen LogP contribution in [0.1, 0.15) is 11.1 Å². The van der Waals surface area contributed by atoms with Gasteiger partial charge >= 0.3 is 0 Å². The van der Waals surface area contributed by atoms with Gasteiger partial charge in [0, 0.05) is 30.9 Å². The fraction of sp³-hybridized carbons (Fsp3) is 0.300. The third-order valence-electron chi connectivity index (χ3n) is 4.68. The molecule has 7 heteroatoms. The van der Waals surface area contributed by atoms with Crippen LogP contribution in [0.4, 0.5) is 11.5 Å². The van der Waals surface area contributed by atoms with Gasteiger partial charge in [-0.3, -0.25) is 9.20 Å². The normalized spacial score (nSPS) is 14.5. The Morgan fingerprint density at radius 3 is 2.74 bits per heavy atom. The van der Waals surface area contributed by atoms with Crippen LogP contribution in [0.5, 0.6) is 0 Å². The summed E-state index contributed by atoms with van der Waals surface area (Å²) in [6.45, 7) is 5.06. The van der Waals surface area contributed by atoms with Crippen molar-refractivity contribution < 1.29 is 4.74 Å². The lowest BCUT2D eigenvalue weighted by Gasteiger charge is -2.29. The van der Waals surface area contributed by atoms with Gasteiger partial charge < -0.3 is 15.0 Å². The van der Waals surface area contributed by atoms with E-state index < -0.39 is 0 Å². The molecule has 6 nitrogen and oxygen atoms in total. The van der Waals surface area contributed by atoms with Gasteiger partial charge in [-0.25, -0.2) is 4.98 Å². The lowest BCUT2D eigenvalue weighted by atomic mass is 10.2. The molecule has 27 heavy (non-hydrogen) atoms. The second-order valence-electron chi connectivity index (χ2n) is 6.59. The van der Waals surface area contributed by atoms with Gasteiger partial charge in [-0.1, -0.05) is 35.9 Å². The molecular formula is C20H21ClN4O2. The van der Waals surface area contributed by atoms with E-state index in [1.807, 2.05) is 49.5 Å². The summed E-state index contributed by atoms with van der Waals surface area (Å²) in [5, 5.41) is 3.95. The number of nitrogens with zero attached hydrogens (tertiary/aromatic N) is 3. The Kier molecular flexibility index (Phi) is 5.01. The third-order valence-corrected chi connectivity index (χ3v) is 5.04. The topological polar surface area (TPSA) is 58.9 Å². The Hall–Kier alpha value is -2.57. The summed E-state index contributed by atoms with van der Waals surface area (Å²) in [7, 11) is 0. The molecule has 1 aliphatic rings. The molecule has 0 radical (unpaired) electrons. The molecule has 0 unspecified atom stereocenters. The summed E-state index contributed by atoms with van der Waals surface area (Å²) in [6.07, 6.45) is 1.81. The fourth-order valence-electron chi connectivity index (χ4n) is 3.22. The Bertz CT molecular complexity index is 1030. The molecule has 0 spiro atoms. The summed E-state index contributed by atoms with van der Waals surface area (Å²) in [5.41, 5.74) is 2.94. The van der Waals surface area contributed by atoms with Crippen molar-refractivity contribution in [2.75, 3.05) is 36.5 Å². The average Bonchev–Trinajstić information content (AvgIpc) is 2.69. The number of pyridine rings is 1. The van der Waals surface area contributed by atoms with Crippen LogP contribution in [0.15, 0.2) is 47.4 Å². The standard InChI is InChI=1S/C20H21ClN4O2/c1-14-6-7-17-23-19(24-8-10-27-11-9-24)18(20(26)25(17)13-14)22-12-15-4-2-3-5-16(15)21/h2-7,13,22H,8-12H2,1H3. The number of anilines is 2. The Morgan fingerprint density at radius 2 is 1.96 bits per heavy atom. The van der Waals surface area contributed by atoms with Crippen molar-refractivity contribution in [3.8, 4) is 0 Å². The number of hydrogen-bond donors (Lipinski definition) is 1. The van der Waals surface area contributed by atoms with Crippen LogP contribution in [0, 0.1) is 6.92 Å². The number of nitrogens with one attached hydrogen (secondary N) is 1. The van der Waals surface area contributed by atoms with E-state index in [1.165, 1.54) is 0 Å². The minimum Gasteiger partial charge on any atom is -0.378 e. The second-order valence-corrected chi connectivity index (χ2v) is 7.00. The summed E-state index contributed by atoms with van der Waals surface area (Å²) in [4.78, 5) is 20.1. The first-order valence-electron chi connectivity index (χ1n) is 8.96. The first-order valence-corrected chi connectivity index (χ1v) is 9.34. The van der Waals surface area contributed by atoms with Crippen LogP contribution in [0.25, 0.3) is 5.65 Å². The van der Waals surface area contributed by atoms with Gasteiger partial charge in [0.2, 0.25) is 0 Å². The maximum absolute atomic E-state index is 13.2. The average molecular weight is 385 g/mol. The SMILES string of the molecule is Cc1ccc2nc(N3CCOCC3)c(NCc3ccccc3Cl)c(=O)n2c1. The quantitative estimate of drug-likeness (QED) is 0.749. The highest BCUT2D eigenvalue weighted by Crippen LogP contribution is 2.24. The van der Waals surface area contributed by atoms with Crippen molar-refractivity contribution in [2.45, 2.75) is 13.5 Å². The van der Waals surface area contributed by atoms with Gasteiger partial charge in [-0.2, -0.15) is 0 Å². The van der Waals surface area contributed by atoms with E-state index in [1.54, 1.807) is 4.40 Å². The maximum Gasteiger partial charge on any atom is 0.283 e. The van der Waals surface area contributed by atoms with Gasteiger partial charge in [0.15, 0.2) is 5.82 Å². The molecule has 0 atom stereocenters. The van der Waals surface area contributed by atoms with Crippen molar-refractivity contribution in [1.29, 1.82) is 0 Å². The van der Waals surface area contributed by atoms with E-state index in [4.69, 9.17) is 21.3 Å². The van der Waals surface area contributed by atoms with E-state index in [0.29, 0.717) is 55.0 Å². The fourth-order valence-corrected chi connectivity index (χ4v) is 3.42. The molecule has 3 aromatic rings. The number of rotatable bonds is 4. The van der Waals surface area contributed by atoms with Crippen LogP contribution in [-0.4, -0.2) is 35.7 Å². The first kappa shape index (κ1) is 17.8. The van der Waals surface area contributed by atoms with Crippen molar-refractivity contribution in [2.24, 2.45) is 0 Å². The molecule has 1 aromatic carbocycles. The highest BCUT2D eigenvalue weighted by Gasteiger charge is 2.20. The predicted octanol–water partition coefficient (Wildman–Crippen LogP) is 3.11. The molecule has 1 fully saturated rings.